The Hall–Kier alpha value is -1.09. The van der Waals surface area contributed by atoms with Gasteiger partial charge in [0.2, 0.25) is 0 Å². The lowest BCUT2D eigenvalue weighted by atomic mass is 9.72. The average Bonchev–Trinajstić information content (AvgIpc) is 2.66. The van der Waals surface area contributed by atoms with Crippen LogP contribution in [0.25, 0.3) is 0 Å². The van der Waals surface area contributed by atoms with Crippen molar-refractivity contribution in [1.29, 1.82) is 0 Å². The van der Waals surface area contributed by atoms with Gasteiger partial charge in [-0.3, -0.25) is 0 Å². The Kier molecular flexibility index (Phi) is 4.59. The minimum atomic E-state index is -0.930. The summed E-state index contributed by atoms with van der Waals surface area (Å²) in [6.07, 6.45) is 8.09. The Morgan fingerprint density at radius 1 is 1.32 bits per heavy atom. The molecule has 22 heavy (non-hydrogen) atoms. The number of hydrogen-bond donors (Lipinski definition) is 1. The van der Waals surface area contributed by atoms with Gasteiger partial charge in [0.25, 0.3) is 0 Å². The van der Waals surface area contributed by atoms with Crippen molar-refractivity contribution in [2.75, 3.05) is 6.61 Å². The standard InChI is InChI=1S/C19H31NO2/c1-14-8-7-10-17(2,3)15(14)9-11-19(6,21)12-16-20-18(4,5)13-22-16/h9,11,21H,7-8,10,12-13H2,1-6H3. The normalized spacial score (nSPS) is 26.8. The van der Waals surface area contributed by atoms with Gasteiger partial charge < -0.3 is 9.84 Å². The second-order valence-electron chi connectivity index (χ2n) is 8.41. The van der Waals surface area contributed by atoms with Crippen LogP contribution in [0.5, 0.6) is 0 Å². The van der Waals surface area contributed by atoms with Gasteiger partial charge in [-0.1, -0.05) is 31.6 Å². The Balaban J connectivity index is 2.11. The fourth-order valence-corrected chi connectivity index (χ4v) is 3.39. The molecular formula is C19H31NO2. The molecule has 3 heteroatoms. The SMILES string of the molecule is CC1=C(C=CC(C)(O)CC2=NC(C)(C)CO2)C(C)(C)CCC1. The van der Waals surface area contributed by atoms with Crippen LogP contribution in [0.2, 0.25) is 0 Å². The van der Waals surface area contributed by atoms with Crippen molar-refractivity contribution in [3.63, 3.8) is 0 Å². The van der Waals surface area contributed by atoms with Crippen LogP contribution in [0.15, 0.2) is 28.3 Å². The average molecular weight is 305 g/mol. The Morgan fingerprint density at radius 3 is 2.55 bits per heavy atom. The topological polar surface area (TPSA) is 41.8 Å². The molecule has 0 spiro atoms. The predicted octanol–water partition coefficient (Wildman–Crippen LogP) is 4.42. The summed E-state index contributed by atoms with van der Waals surface area (Å²) in [5.74, 6) is 0.660. The largest absolute Gasteiger partial charge is 0.478 e. The van der Waals surface area contributed by atoms with Gasteiger partial charge in [-0.2, -0.15) is 0 Å². The molecule has 1 aliphatic carbocycles. The highest BCUT2D eigenvalue weighted by Gasteiger charge is 2.31. The summed E-state index contributed by atoms with van der Waals surface area (Å²) in [5, 5.41) is 10.7. The van der Waals surface area contributed by atoms with Crippen molar-refractivity contribution < 1.29 is 9.84 Å². The molecule has 1 aliphatic heterocycles. The van der Waals surface area contributed by atoms with Crippen LogP contribution in [0, 0.1) is 5.41 Å². The highest BCUT2D eigenvalue weighted by atomic mass is 16.5. The first-order chi connectivity index (χ1) is 10.0. The number of ether oxygens (including phenoxy) is 1. The lowest BCUT2D eigenvalue weighted by Crippen LogP contribution is -2.26. The van der Waals surface area contributed by atoms with E-state index in [0.717, 1.165) is 6.42 Å². The molecule has 2 rings (SSSR count). The molecular weight excluding hydrogens is 274 g/mol. The third-order valence-electron chi connectivity index (χ3n) is 4.68. The predicted molar refractivity (Wildman–Crippen MR) is 92.2 cm³/mol. The zero-order chi connectivity index (χ0) is 16.6. The molecule has 2 aliphatic rings. The molecule has 0 bridgehead atoms. The van der Waals surface area contributed by atoms with Gasteiger partial charge in [0.1, 0.15) is 6.61 Å². The van der Waals surface area contributed by atoms with Crippen molar-refractivity contribution in [2.45, 2.75) is 78.4 Å². The number of nitrogens with zero attached hydrogens (tertiary/aromatic N) is 1. The van der Waals surface area contributed by atoms with Gasteiger partial charge in [-0.05, 0) is 57.9 Å². The van der Waals surface area contributed by atoms with E-state index < -0.39 is 5.60 Å². The first-order valence-electron chi connectivity index (χ1n) is 8.34. The highest BCUT2D eigenvalue weighted by Crippen LogP contribution is 2.41. The minimum Gasteiger partial charge on any atom is -0.478 e. The molecule has 0 saturated carbocycles. The van der Waals surface area contributed by atoms with E-state index in [4.69, 9.17) is 4.74 Å². The number of aliphatic imine (C=N–C) groups is 1. The van der Waals surface area contributed by atoms with Crippen molar-refractivity contribution in [2.24, 2.45) is 10.4 Å². The van der Waals surface area contributed by atoms with Crippen LogP contribution in [0.4, 0.5) is 0 Å². The molecule has 1 N–H and O–H groups in total. The number of aliphatic hydroxyl groups is 1. The number of allylic oxidation sites excluding steroid dienone is 3. The first kappa shape index (κ1) is 17.3. The lowest BCUT2D eigenvalue weighted by Gasteiger charge is -2.33. The Labute approximate surface area is 135 Å². The maximum Gasteiger partial charge on any atom is 0.187 e. The second-order valence-corrected chi connectivity index (χ2v) is 8.41. The van der Waals surface area contributed by atoms with E-state index in [0.29, 0.717) is 18.9 Å². The van der Waals surface area contributed by atoms with Gasteiger partial charge in [0.15, 0.2) is 5.90 Å². The van der Waals surface area contributed by atoms with Crippen LogP contribution >= 0.6 is 0 Å². The molecule has 0 fully saturated rings. The van der Waals surface area contributed by atoms with E-state index in [1.54, 1.807) is 0 Å². The van der Waals surface area contributed by atoms with Gasteiger partial charge >= 0.3 is 0 Å². The summed E-state index contributed by atoms with van der Waals surface area (Å²) in [6.45, 7) is 13.3. The van der Waals surface area contributed by atoms with Gasteiger partial charge in [-0.15, -0.1) is 0 Å². The molecule has 0 aromatic heterocycles. The monoisotopic (exact) mass is 305 g/mol. The molecule has 3 nitrogen and oxygen atoms in total. The summed E-state index contributed by atoms with van der Waals surface area (Å²) in [4.78, 5) is 4.53. The smallest absolute Gasteiger partial charge is 0.187 e. The maximum absolute atomic E-state index is 10.7. The highest BCUT2D eigenvalue weighted by molar-refractivity contribution is 5.79. The molecule has 1 unspecified atom stereocenters. The van der Waals surface area contributed by atoms with Crippen molar-refractivity contribution in [1.82, 2.24) is 0 Å². The minimum absolute atomic E-state index is 0.167. The van der Waals surface area contributed by atoms with Gasteiger partial charge in [0, 0.05) is 0 Å². The Morgan fingerprint density at radius 2 is 2.00 bits per heavy atom. The van der Waals surface area contributed by atoms with E-state index in [-0.39, 0.29) is 11.0 Å². The fraction of sp³-hybridized carbons (Fsp3) is 0.737. The van der Waals surface area contributed by atoms with E-state index >= 15 is 0 Å². The van der Waals surface area contributed by atoms with E-state index in [9.17, 15) is 5.11 Å². The van der Waals surface area contributed by atoms with Crippen LogP contribution in [0.1, 0.15) is 67.2 Å². The summed E-state index contributed by atoms with van der Waals surface area (Å²) < 4.78 is 5.60. The molecule has 0 aromatic rings. The first-order valence-corrected chi connectivity index (χ1v) is 8.34. The second kappa shape index (κ2) is 5.84. The number of rotatable bonds is 4. The fourth-order valence-electron chi connectivity index (χ4n) is 3.39. The summed E-state index contributed by atoms with van der Waals surface area (Å²) in [7, 11) is 0. The van der Waals surface area contributed by atoms with Crippen LogP contribution in [0.3, 0.4) is 0 Å². The quantitative estimate of drug-likeness (QED) is 0.835. The summed E-state index contributed by atoms with van der Waals surface area (Å²) >= 11 is 0. The molecule has 1 atom stereocenters. The Bertz CT molecular complexity index is 522. The molecule has 0 radical (unpaired) electrons. The number of hydrogen-bond acceptors (Lipinski definition) is 3. The molecule has 0 amide bonds. The van der Waals surface area contributed by atoms with Crippen LogP contribution in [-0.4, -0.2) is 28.8 Å². The molecule has 0 aromatic carbocycles. The zero-order valence-corrected chi connectivity index (χ0v) is 15.0. The van der Waals surface area contributed by atoms with E-state index in [1.807, 2.05) is 26.8 Å². The van der Waals surface area contributed by atoms with Gasteiger partial charge in [0.05, 0.1) is 17.6 Å². The lowest BCUT2D eigenvalue weighted by molar-refractivity contribution is 0.112. The van der Waals surface area contributed by atoms with Crippen molar-refractivity contribution in [3.8, 4) is 0 Å². The van der Waals surface area contributed by atoms with Crippen LogP contribution < -0.4 is 0 Å². The summed E-state index contributed by atoms with van der Waals surface area (Å²) in [5.41, 5.74) is 1.91. The van der Waals surface area contributed by atoms with Crippen LogP contribution in [-0.2, 0) is 4.74 Å². The third kappa shape index (κ3) is 4.22. The molecule has 1 heterocycles. The third-order valence-corrected chi connectivity index (χ3v) is 4.68. The summed E-state index contributed by atoms with van der Waals surface area (Å²) in [6, 6.07) is 0. The van der Waals surface area contributed by atoms with E-state index in [1.165, 1.54) is 24.0 Å². The van der Waals surface area contributed by atoms with E-state index in [2.05, 4.69) is 31.8 Å². The van der Waals surface area contributed by atoms with Gasteiger partial charge in [-0.25, -0.2) is 4.99 Å². The molecule has 0 saturated heterocycles. The zero-order valence-electron chi connectivity index (χ0n) is 15.0. The van der Waals surface area contributed by atoms with Crippen molar-refractivity contribution >= 4 is 5.90 Å². The maximum atomic E-state index is 10.7. The molecule has 124 valence electrons. The van der Waals surface area contributed by atoms with Crippen molar-refractivity contribution in [3.05, 3.63) is 23.3 Å².